The number of aromatic nitrogens is 3. The fourth-order valence-electron chi connectivity index (χ4n) is 1.99. The molecule has 0 radical (unpaired) electrons. The van der Waals surface area contributed by atoms with E-state index in [2.05, 4.69) is 26.8 Å². The second-order valence-corrected chi connectivity index (χ2v) is 5.12. The van der Waals surface area contributed by atoms with E-state index in [1.807, 2.05) is 6.92 Å². The lowest BCUT2D eigenvalue weighted by Crippen LogP contribution is -2.39. The van der Waals surface area contributed by atoms with Gasteiger partial charge in [-0.2, -0.15) is 4.98 Å². The van der Waals surface area contributed by atoms with Crippen LogP contribution in [0.25, 0.3) is 11.0 Å². The summed E-state index contributed by atoms with van der Waals surface area (Å²) in [5.74, 6) is -0.109. The Morgan fingerprint density at radius 2 is 2.29 bits per heavy atom. The molecule has 0 spiro atoms. The molecule has 0 aliphatic rings. The van der Waals surface area contributed by atoms with Gasteiger partial charge in [0.25, 0.3) is 0 Å². The highest BCUT2D eigenvalue weighted by atomic mass is 19.1. The summed E-state index contributed by atoms with van der Waals surface area (Å²) < 4.78 is 13.2. The third-order valence-electron chi connectivity index (χ3n) is 3.19. The molecule has 112 valence electrons. The van der Waals surface area contributed by atoms with Gasteiger partial charge >= 0.3 is 0 Å². The van der Waals surface area contributed by atoms with Crippen LogP contribution in [0.2, 0.25) is 0 Å². The van der Waals surface area contributed by atoms with Crippen molar-refractivity contribution in [3.8, 4) is 0 Å². The number of pyridine rings is 1. The van der Waals surface area contributed by atoms with Crippen molar-refractivity contribution in [3.05, 3.63) is 30.7 Å². The summed E-state index contributed by atoms with van der Waals surface area (Å²) in [6, 6.07) is 1.24. The van der Waals surface area contributed by atoms with Crippen molar-refractivity contribution in [1.29, 1.82) is 0 Å². The summed E-state index contributed by atoms with van der Waals surface area (Å²) in [6.45, 7) is 5.42. The Balaban J connectivity index is 2.43. The normalized spacial score (nSPS) is 13.9. The Kier molecular flexibility index (Phi) is 4.32. The van der Waals surface area contributed by atoms with Gasteiger partial charge in [-0.1, -0.05) is 6.08 Å². The van der Waals surface area contributed by atoms with Crippen molar-refractivity contribution in [2.45, 2.75) is 25.3 Å². The lowest BCUT2D eigenvalue weighted by atomic mass is 9.96. The van der Waals surface area contributed by atoms with Crippen LogP contribution < -0.4 is 11.1 Å². The van der Waals surface area contributed by atoms with Crippen molar-refractivity contribution < 1.29 is 9.50 Å². The molecular formula is C14H18FN5O. The number of nitrogens with two attached hydrogens (primary N) is 1. The maximum absolute atomic E-state index is 13.2. The molecule has 6 nitrogen and oxygen atoms in total. The van der Waals surface area contributed by atoms with Gasteiger partial charge < -0.3 is 16.2 Å². The summed E-state index contributed by atoms with van der Waals surface area (Å²) in [7, 11) is 0. The van der Waals surface area contributed by atoms with E-state index in [-0.39, 0.29) is 12.6 Å². The summed E-state index contributed by atoms with van der Waals surface area (Å²) in [6.07, 6.45) is 4.24. The molecule has 7 heteroatoms. The van der Waals surface area contributed by atoms with E-state index >= 15 is 0 Å². The fourth-order valence-corrected chi connectivity index (χ4v) is 1.99. The summed E-state index contributed by atoms with van der Waals surface area (Å²) in [5, 5.41) is 12.7. The molecular weight excluding hydrogens is 273 g/mol. The number of nitrogen functional groups attached to an aromatic ring is 1. The maximum atomic E-state index is 13.2. The van der Waals surface area contributed by atoms with Crippen LogP contribution in [0, 0.1) is 5.82 Å². The quantitative estimate of drug-likeness (QED) is 0.703. The first-order valence-corrected chi connectivity index (χ1v) is 6.56. The first-order valence-electron chi connectivity index (χ1n) is 6.56. The molecule has 0 aliphatic carbocycles. The van der Waals surface area contributed by atoms with Crippen LogP contribution in [0.4, 0.5) is 16.2 Å². The molecule has 0 amide bonds. The van der Waals surface area contributed by atoms with Crippen LogP contribution in [0.1, 0.15) is 19.8 Å². The molecule has 2 heterocycles. The van der Waals surface area contributed by atoms with Crippen LogP contribution >= 0.6 is 0 Å². The number of aliphatic hydroxyl groups excluding tert-OH is 1. The van der Waals surface area contributed by atoms with Gasteiger partial charge in [0.2, 0.25) is 5.95 Å². The molecule has 2 aromatic rings. The van der Waals surface area contributed by atoms with Crippen LogP contribution in [-0.2, 0) is 0 Å². The largest absolute Gasteiger partial charge is 0.394 e. The van der Waals surface area contributed by atoms with Crippen molar-refractivity contribution >= 4 is 22.8 Å². The molecule has 0 aliphatic heterocycles. The third kappa shape index (κ3) is 3.43. The number of aliphatic hydroxyl groups is 1. The standard InChI is InChI=1S/C14H18FN5O/c1-3-4-5-14(2,8-21)20-12-11-10(18-13(16)19-12)6-9(15)7-17-11/h3,6-7,21H,1,4-5,8H2,2H3,(H3,16,18,19,20)/t14-/m0/s1. The van der Waals surface area contributed by atoms with E-state index < -0.39 is 11.4 Å². The molecule has 0 unspecified atom stereocenters. The Morgan fingerprint density at radius 3 is 2.95 bits per heavy atom. The van der Waals surface area contributed by atoms with E-state index in [4.69, 9.17) is 5.73 Å². The summed E-state index contributed by atoms with van der Waals surface area (Å²) >= 11 is 0. The smallest absolute Gasteiger partial charge is 0.222 e. The van der Waals surface area contributed by atoms with Gasteiger partial charge in [0, 0.05) is 6.07 Å². The van der Waals surface area contributed by atoms with Gasteiger partial charge in [-0.3, -0.25) is 0 Å². The molecule has 0 fully saturated rings. The van der Waals surface area contributed by atoms with Gasteiger partial charge in [0.1, 0.15) is 11.3 Å². The molecule has 4 N–H and O–H groups in total. The van der Waals surface area contributed by atoms with Crippen LogP contribution in [0.15, 0.2) is 24.9 Å². The van der Waals surface area contributed by atoms with Crippen molar-refractivity contribution in [2.24, 2.45) is 0 Å². The Hall–Kier alpha value is -2.28. The molecule has 1 atom stereocenters. The molecule has 0 aromatic carbocycles. The van der Waals surface area contributed by atoms with E-state index in [1.165, 1.54) is 6.07 Å². The Labute approximate surface area is 121 Å². The Morgan fingerprint density at radius 1 is 1.52 bits per heavy atom. The average Bonchev–Trinajstić information content (AvgIpc) is 2.44. The number of allylic oxidation sites excluding steroid dienone is 1. The number of hydrogen-bond donors (Lipinski definition) is 3. The minimum absolute atomic E-state index is 0.0152. The second kappa shape index (κ2) is 6.01. The highest BCUT2D eigenvalue weighted by Crippen LogP contribution is 2.25. The minimum Gasteiger partial charge on any atom is -0.394 e. The summed E-state index contributed by atoms with van der Waals surface area (Å²) in [4.78, 5) is 12.1. The van der Waals surface area contributed by atoms with Crippen LogP contribution in [-0.4, -0.2) is 32.2 Å². The average molecular weight is 291 g/mol. The predicted octanol–water partition coefficient (Wildman–Crippen LogP) is 1.88. The minimum atomic E-state index is -0.613. The van der Waals surface area contributed by atoms with Crippen molar-refractivity contribution in [2.75, 3.05) is 17.7 Å². The molecule has 0 saturated carbocycles. The van der Waals surface area contributed by atoms with Gasteiger partial charge in [-0.15, -0.1) is 6.58 Å². The van der Waals surface area contributed by atoms with Crippen LogP contribution in [0.5, 0.6) is 0 Å². The first kappa shape index (κ1) is 15.1. The second-order valence-electron chi connectivity index (χ2n) is 5.12. The van der Waals surface area contributed by atoms with E-state index in [0.717, 1.165) is 12.6 Å². The zero-order valence-corrected chi connectivity index (χ0v) is 11.8. The number of rotatable bonds is 6. The van der Waals surface area contributed by atoms with E-state index in [1.54, 1.807) is 6.08 Å². The Bertz CT molecular complexity index is 658. The van der Waals surface area contributed by atoms with Crippen LogP contribution in [0.3, 0.4) is 0 Å². The van der Waals surface area contributed by atoms with Gasteiger partial charge in [-0.05, 0) is 19.8 Å². The highest BCUT2D eigenvalue weighted by molar-refractivity contribution is 5.86. The lowest BCUT2D eigenvalue weighted by molar-refractivity contribution is 0.215. The molecule has 0 bridgehead atoms. The van der Waals surface area contributed by atoms with Gasteiger partial charge in [0.05, 0.1) is 23.9 Å². The zero-order chi connectivity index (χ0) is 15.5. The number of halogens is 1. The topological polar surface area (TPSA) is 97.0 Å². The third-order valence-corrected chi connectivity index (χ3v) is 3.19. The molecule has 21 heavy (non-hydrogen) atoms. The zero-order valence-electron chi connectivity index (χ0n) is 11.8. The number of hydrogen-bond acceptors (Lipinski definition) is 6. The number of fused-ring (bicyclic) bond motifs is 1. The monoisotopic (exact) mass is 291 g/mol. The number of nitrogens with one attached hydrogen (secondary N) is 1. The summed E-state index contributed by atoms with van der Waals surface area (Å²) in [5.41, 5.74) is 5.75. The predicted molar refractivity (Wildman–Crippen MR) is 80.2 cm³/mol. The van der Waals surface area contributed by atoms with E-state index in [0.29, 0.717) is 23.3 Å². The van der Waals surface area contributed by atoms with Crippen molar-refractivity contribution in [1.82, 2.24) is 15.0 Å². The highest BCUT2D eigenvalue weighted by Gasteiger charge is 2.24. The van der Waals surface area contributed by atoms with E-state index in [9.17, 15) is 9.50 Å². The van der Waals surface area contributed by atoms with Gasteiger partial charge in [-0.25, -0.2) is 14.4 Å². The SMILES string of the molecule is C=CCC[C@@](C)(CO)Nc1nc(N)nc2cc(F)cnc12. The first-order chi connectivity index (χ1) is 9.97. The molecule has 2 aromatic heterocycles. The molecule has 0 saturated heterocycles. The maximum Gasteiger partial charge on any atom is 0.222 e. The fraction of sp³-hybridized carbons (Fsp3) is 0.357. The molecule has 2 rings (SSSR count). The van der Waals surface area contributed by atoms with Gasteiger partial charge in [0.15, 0.2) is 5.82 Å². The number of anilines is 2. The van der Waals surface area contributed by atoms with Crippen molar-refractivity contribution in [3.63, 3.8) is 0 Å². The number of nitrogens with zero attached hydrogens (tertiary/aromatic N) is 3. The lowest BCUT2D eigenvalue weighted by Gasteiger charge is -2.29.